The Kier molecular flexibility index (Phi) is 8.47. The van der Waals surface area contributed by atoms with Gasteiger partial charge in [0.1, 0.15) is 0 Å². The maximum absolute atomic E-state index is 3.53. The highest BCUT2D eigenvalue weighted by molar-refractivity contribution is 7.98. The first kappa shape index (κ1) is 19.5. The first-order chi connectivity index (χ1) is 10.3. The smallest absolute Gasteiger partial charge is 0.0438 e. The zero-order valence-corrected chi connectivity index (χ0v) is 16.0. The predicted octanol–water partition coefficient (Wildman–Crippen LogP) is 3.26. The lowest BCUT2D eigenvalue weighted by atomic mass is 10.1. The largest absolute Gasteiger partial charge is 0.308 e. The maximum Gasteiger partial charge on any atom is 0.0438 e. The number of hydrogen-bond acceptors (Lipinski definition) is 4. The van der Waals surface area contributed by atoms with Crippen molar-refractivity contribution in [1.29, 1.82) is 0 Å². The third-order valence-corrected chi connectivity index (χ3v) is 4.21. The molecular weight excluding hydrogens is 290 g/mol. The molecule has 22 heavy (non-hydrogen) atoms. The summed E-state index contributed by atoms with van der Waals surface area (Å²) >= 11 is 1.87. The fourth-order valence-corrected chi connectivity index (χ4v) is 2.72. The van der Waals surface area contributed by atoms with E-state index < -0.39 is 0 Å². The van der Waals surface area contributed by atoms with E-state index in [-0.39, 0.29) is 5.54 Å². The lowest BCUT2D eigenvalue weighted by molar-refractivity contribution is 0.272. The van der Waals surface area contributed by atoms with Gasteiger partial charge in [0, 0.05) is 37.6 Å². The molecule has 126 valence electrons. The Morgan fingerprint density at radius 3 is 2.05 bits per heavy atom. The fourth-order valence-electron chi connectivity index (χ4n) is 2.15. The van der Waals surface area contributed by atoms with Gasteiger partial charge >= 0.3 is 0 Å². The number of benzene rings is 1. The second kappa shape index (κ2) is 9.56. The number of rotatable bonds is 9. The van der Waals surface area contributed by atoms with E-state index in [1.165, 1.54) is 11.1 Å². The Morgan fingerprint density at radius 1 is 0.955 bits per heavy atom. The Labute approximate surface area is 141 Å². The second-order valence-corrected chi connectivity index (χ2v) is 7.99. The first-order valence-electron chi connectivity index (χ1n) is 7.99. The van der Waals surface area contributed by atoms with Crippen molar-refractivity contribution >= 4 is 11.8 Å². The van der Waals surface area contributed by atoms with Gasteiger partial charge in [-0.25, -0.2) is 0 Å². The highest BCUT2D eigenvalue weighted by atomic mass is 32.2. The van der Waals surface area contributed by atoms with E-state index in [1.54, 1.807) is 0 Å². The summed E-state index contributed by atoms with van der Waals surface area (Å²) in [4.78, 5) is 4.75. The van der Waals surface area contributed by atoms with Crippen molar-refractivity contribution in [2.24, 2.45) is 0 Å². The van der Waals surface area contributed by atoms with Gasteiger partial charge in [-0.15, -0.1) is 11.8 Å². The number of nitrogens with one attached hydrogen (secondary N) is 1. The Balaban J connectivity index is 2.37. The van der Waals surface area contributed by atoms with E-state index in [9.17, 15) is 0 Å². The summed E-state index contributed by atoms with van der Waals surface area (Å²) in [5, 5.41) is 3.53. The predicted molar refractivity (Wildman–Crippen MR) is 100 cm³/mol. The van der Waals surface area contributed by atoms with Crippen LogP contribution in [0.5, 0.6) is 0 Å². The van der Waals surface area contributed by atoms with Crippen molar-refractivity contribution < 1.29 is 0 Å². The Bertz CT molecular complexity index is 411. The van der Waals surface area contributed by atoms with Crippen molar-refractivity contribution in [2.45, 2.75) is 39.4 Å². The molecule has 0 bridgehead atoms. The summed E-state index contributed by atoms with van der Waals surface area (Å²) < 4.78 is 0. The Hall–Kier alpha value is -0.550. The SMILES string of the molecule is CSCN(C)CCN(C)Cc1ccc(CNC(C)(C)C)cc1. The molecule has 1 N–H and O–H groups in total. The van der Waals surface area contributed by atoms with Gasteiger partial charge in [0.05, 0.1) is 0 Å². The summed E-state index contributed by atoms with van der Waals surface area (Å²) in [6, 6.07) is 8.98. The minimum atomic E-state index is 0.168. The van der Waals surface area contributed by atoms with Gasteiger partial charge < -0.3 is 10.2 Å². The van der Waals surface area contributed by atoms with Crippen molar-refractivity contribution in [3.8, 4) is 0 Å². The third-order valence-electron chi connectivity index (χ3n) is 3.51. The summed E-state index contributed by atoms with van der Waals surface area (Å²) in [6.45, 7) is 10.8. The van der Waals surface area contributed by atoms with Crippen LogP contribution in [0, 0.1) is 0 Å². The van der Waals surface area contributed by atoms with E-state index in [4.69, 9.17) is 0 Å². The number of likely N-dealkylation sites (N-methyl/N-ethyl adjacent to an activating group) is 2. The average Bonchev–Trinajstić information content (AvgIpc) is 2.44. The minimum absolute atomic E-state index is 0.168. The van der Waals surface area contributed by atoms with Crippen LogP contribution in [0.2, 0.25) is 0 Å². The monoisotopic (exact) mass is 323 g/mol. The van der Waals surface area contributed by atoms with Gasteiger partial charge in [0.25, 0.3) is 0 Å². The zero-order valence-electron chi connectivity index (χ0n) is 15.1. The van der Waals surface area contributed by atoms with Gasteiger partial charge in [0.2, 0.25) is 0 Å². The van der Waals surface area contributed by atoms with E-state index in [2.05, 4.69) is 80.5 Å². The molecule has 0 atom stereocenters. The third kappa shape index (κ3) is 8.79. The molecule has 4 heteroatoms. The normalized spacial score (nSPS) is 12.4. The van der Waals surface area contributed by atoms with Gasteiger partial charge in [0.15, 0.2) is 0 Å². The van der Waals surface area contributed by atoms with Gasteiger partial charge in [-0.2, -0.15) is 0 Å². The first-order valence-corrected chi connectivity index (χ1v) is 9.38. The molecule has 0 aliphatic heterocycles. The second-order valence-electron chi connectivity index (χ2n) is 7.16. The van der Waals surface area contributed by atoms with E-state index in [0.717, 1.165) is 32.1 Å². The minimum Gasteiger partial charge on any atom is -0.308 e. The summed E-state index contributed by atoms with van der Waals surface area (Å²) in [6.07, 6.45) is 2.15. The quantitative estimate of drug-likeness (QED) is 0.703. The molecule has 1 aromatic carbocycles. The molecular formula is C18H33N3S. The molecule has 0 radical (unpaired) electrons. The molecule has 0 aliphatic carbocycles. The number of hydrogen-bond donors (Lipinski definition) is 1. The van der Waals surface area contributed by atoms with Crippen molar-refractivity contribution in [1.82, 2.24) is 15.1 Å². The molecule has 0 saturated heterocycles. The molecule has 0 heterocycles. The van der Waals surface area contributed by atoms with Crippen molar-refractivity contribution in [3.63, 3.8) is 0 Å². The topological polar surface area (TPSA) is 18.5 Å². The lowest BCUT2D eigenvalue weighted by Gasteiger charge is -2.22. The van der Waals surface area contributed by atoms with Crippen LogP contribution in [0.25, 0.3) is 0 Å². The number of nitrogens with zero attached hydrogens (tertiary/aromatic N) is 2. The molecule has 0 unspecified atom stereocenters. The summed E-state index contributed by atoms with van der Waals surface area (Å²) in [5.74, 6) is 1.10. The van der Waals surface area contributed by atoms with Crippen LogP contribution in [0.3, 0.4) is 0 Å². The average molecular weight is 324 g/mol. The summed E-state index contributed by atoms with van der Waals surface area (Å²) in [7, 11) is 4.38. The molecule has 0 saturated carbocycles. The highest BCUT2D eigenvalue weighted by Gasteiger charge is 2.08. The molecule has 1 rings (SSSR count). The molecule has 3 nitrogen and oxygen atoms in total. The van der Waals surface area contributed by atoms with E-state index >= 15 is 0 Å². The Morgan fingerprint density at radius 2 is 1.50 bits per heavy atom. The highest BCUT2D eigenvalue weighted by Crippen LogP contribution is 2.09. The van der Waals surface area contributed by atoms with Crippen molar-refractivity contribution in [3.05, 3.63) is 35.4 Å². The van der Waals surface area contributed by atoms with Gasteiger partial charge in [-0.05, 0) is 52.2 Å². The van der Waals surface area contributed by atoms with Gasteiger partial charge in [-0.1, -0.05) is 24.3 Å². The molecule has 1 aromatic rings. The van der Waals surface area contributed by atoms with Gasteiger partial charge in [-0.3, -0.25) is 4.90 Å². The zero-order chi connectivity index (χ0) is 16.6. The van der Waals surface area contributed by atoms with Crippen LogP contribution >= 0.6 is 11.8 Å². The van der Waals surface area contributed by atoms with E-state index in [1.807, 2.05) is 11.8 Å². The molecule has 0 fully saturated rings. The fraction of sp³-hybridized carbons (Fsp3) is 0.667. The van der Waals surface area contributed by atoms with Crippen LogP contribution in [0.15, 0.2) is 24.3 Å². The molecule has 0 aromatic heterocycles. The standard InChI is InChI=1S/C18H33N3S/c1-18(2,3)19-13-16-7-9-17(10-8-16)14-20(4)11-12-21(5)15-22-6/h7-10,19H,11-15H2,1-6H3. The number of thioether (sulfide) groups is 1. The summed E-state index contributed by atoms with van der Waals surface area (Å²) in [5.41, 5.74) is 2.90. The molecule has 0 spiro atoms. The van der Waals surface area contributed by atoms with Crippen LogP contribution in [0.1, 0.15) is 31.9 Å². The van der Waals surface area contributed by atoms with Crippen LogP contribution in [-0.2, 0) is 13.1 Å². The van der Waals surface area contributed by atoms with E-state index in [0.29, 0.717) is 0 Å². The lowest BCUT2D eigenvalue weighted by Crippen LogP contribution is -2.35. The van der Waals surface area contributed by atoms with Crippen molar-refractivity contribution in [2.75, 3.05) is 39.3 Å². The molecule has 0 amide bonds. The maximum atomic E-state index is 3.53. The van der Waals surface area contributed by atoms with Crippen LogP contribution < -0.4 is 5.32 Å². The molecule has 0 aliphatic rings. The van der Waals surface area contributed by atoms with Crippen LogP contribution in [0.4, 0.5) is 0 Å². The van der Waals surface area contributed by atoms with Crippen LogP contribution in [-0.4, -0.2) is 54.7 Å².